The second-order valence-corrected chi connectivity index (χ2v) is 4.27. The van der Waals surface area contributed by atoms with Gasteiger partial charge in [0.25, 0.3) is 0 Å². The molecule has 0 aliphatic heterocycles. The fourth-order valence-corrected chi connectivity index (χ4v) is 1.82. The van der Waals surface area contributed by atoms with Gasteiger partial charge < -0.3 is 10.1 Å². The lowest BCUT2D eigenvalue weighted by atomic mass is 10.2. The Balaban J connectivity index is 2.00. The minimum Gasteiger partial charge on any atom is -0.306 e. The van der Waals surface area contributed by atoms with Gasteiger partial charge in [-0.2, -0.15) is 5.10 Å². The van der Waals surface area contributed by atoms with E-state index in [0.29, 0.717) is 6.54 Å². The summed E-state index contributed by atoms with van der Waals surface area (Å²) in [5, 5.41) is 7.62. The van der Waals surface area contributed by atoms with Crippen molar-refractivity contribution in [2.24, 2.45) is 0 Å². The molecule has 0 spiro atoms. The molecule has 0 unspecified atom stereocenters. The van der Waals surface area contributed by atoms with Crippen LogP contribution >= 0.6 is 0 Å². The van der Waals surface area contributed by atoms with Crippen LogP contribution in [-0.4, -0.2) is 28.7 Å². The largest absolute Gasteiger partial charge is 0.306 e. The number of aromatic nitrogens is 2. The van der Waals surface area contributed by atoms with Gasteiger partial charge in [0, 0.05) is 17.8 Å². The Labute approximate surface area is 107 Å². The van der Waals surface area contributed by atoms with Gasteiger partial charge in [-0.25, -0.2) is 0 Å². The Hall–Kier alpha value is -1.94. The average Bonchev–Trinajstić information content (AvgIpc) is 2.86. The molecule has 1 atom stereocenters. The van der Waals surface area contributed by atoms with Crippen LogP contribution in [0.1, 0.15) is 6.92 Å². The molecule has 1 N–H and O–H groups in total. The zero-order chi connectivity index (χ0) is 12.8. The normalized spacial score (nSPS) is 12.3. The molecule has 0 amide bonds. The van der Waals surface area contributed by atoms with Gasteiger partial charge in [0.05, 0.1) is 18.8 Å². The maximum absolute atomic E-state index is 10.3. The highest BCUT2D eigenvalue weighted by Crippen LogP contribution is 2.15. The summed E-state index contributed by atoms with van der Waals surface area (Å²) in [6, 6.07) is 12.3. The summed E-state index contributed by atoms with van der Waals surface area (Å²) in [6.07, 6.45) is 2.83. The molecule has 0 aliphatic carbocycles. The number of hydrogen-bond acceptors (Lipinski definition) is 3. The number of rotatable bonds is 6. The summed E-state index contributed by atoms with van der Waals surface area (Å²) in [5.74, 6) is 0. The summed E-state index contributed by atoms with van der Waals surface area (Å²) >= 11 is 0. The molecule has 4 nitrogen and oxygen atoms in total. The second kappa shape index (κ2) is 6.12. The molecule has 18 heavy (non-hydrogen) atoms. The van der Waals surface area contributed by atoms with Crippen molar-refractivity contribution in [1.82, 2.24) is 15.1 Å². The van der Waals surface area contributed by atoms with E-state index < -0.39 is 0 Å². The van der Waals surface area contributed by atoms with Crippen molar-refractivity contribution in [2.75, 3.05) is 6.54 Å². The fourth-order valence-electron chi connectivity index (χ4n) is 1.82. The molecule has 0 aliphatic rings. The Morgan fingerprint density at radius 2 is 2.11 bits per heavy atom. The van der Waals surface area contributed by atoms with Crippen LogP contribution in [0.3, 0.4) is 0 Å². The smallest absolute Gasteiger partial charge is 0.133 e. The molecule has 1 aromatic heterocycles. The highest BCUT2D eigenvalue weighted by molar-refractivity contribution is 5.57. The van der Waals surface area contributed by atoms with Gasteiger partial charge in [0.15, 0.2) is 0 Å². The van der Waals surface area contributed by atoms with Gasteiger partial charge in [-0.15, -0.1) is 0 Å². The van der Waals surface area contributed by atoms with Crippen LogP contribution in [0.15, 0.2) is 42.6 Å². The fraction of sp³-hybridized carbons (Fsp3) is 0.286. The number of aldehydes is 1. The monoisotopic (exact) mass is 243 g/mol. The lowest BCUT2D eigenvalue weighted by Crippen LogP contribution is -2.31. The van der Waals surface area contributed by atoms with Gasteiger partial charge in [-0.05, 0) is 13.0 Å². The number of hydrogen-bond donors (Lipinski definition) is 1. The third-order valence-electron chi connectivity index (χ3n) is 2.72. The zero-order valence-electron chi connectivity index (χ0n) is 10.4. The SMILES string of the molecule is C[C@@H](Cn1ccc(-c2ccccc2)n1)NCC=O. The van der Waals surface area contributed by atoms with Crippen molar-refractivity contribution < 1.29 is 4.79 Å². The van der Waals surface area contributed by atoms with Gasteiger partial charge in [-0.1, -0.05) is 30.3 Å². The van der Waals surface area contributed by atoms with E-state index in [2.05, 4.69) is 10.4 Å². The molecule has 1 aromatic carbocycles. The molecule has 0 bridgehead atoms. The predicted molar refractivity (Wildman–Crippen MR) is 71.2 cm³/mol. The van der Waals surface area contributed by atoms with E-state index in [0.717, 1.165) is 24.1 Å². The van der Waals surface area contributed by atoms with Crippen LogP contribution in [0.4, 0.5) is 0 Å². The number of nitrogens with zero attached hydrogens (tertiary/aromatic N) is 2. The summed E-state index contributed by atoms with van der Waals surface area (Å²) in [5.41, 5.74) is 2.09. The molecule has 0 fully saturated rings. The lowest BCUT2D eigenvalue weighted by Gasteiger charge is -2.11. The molecule has 2 aromatic rings. The molecule has 94 valence electrons. The zero-order valence-corrected chi connectivity index (χ0v) is 10.4. The van der Waals surface area contributed by atoms with Crippen LogP contribution in [-0.2, 0) is 11.3 Å². The van der Waals surface area contributed by atoms with E-state index in [1.165, 1.54) is 0 Å². The number of carbonyl (C=O) groups excluding carboxylic acids is 1. The van der Waals surface area contributed by atoms with Crippen LogP contribution < -0.4 is 5.32 Å². The van der Waals surface area contributed by atoms with Crippen molar-refractivity contribution in [3.63, 3.8) is 0 Å². The summed E-state index contributed by atoms with van der Waals surface area (Å²) in [7, 11) is 0. The Morgan fingerprint density at radius 1 is 1.33 bits per heavy atom. The van der Waals surface area contributed by atoms with E-state index >= 15 is 0 Å². The number of carbonyl (C=O) groups is 1. The van der Waals surface area contributed by atoms with Crippen molar-refractivity contribution in [2.45, 2.75) is 19.5 Å². The molecule has 0 saturated heterocycles. The van der Waals surface area contributed by atoms with E-state index in [-0.39, 0.29) is 6.04 Å². The predicted octanol–water partition coefficient (Wildman–Crippen LogP) is 1.73. The van der Waals surface area contributed by atoms with Gasteiger partial charge in [-0.3, -0.25) is 4.68 Å². The highest BCUT2D eigenvalue weighted by atomic mass is 16.1. The van der Waals surface area contributed by atoms with Crippen LogP contribution in [0.2, 0.25) is 0 Å². The molecular formula is C14H17N3O. The first-order chi connectivity index (χ1) is 8.79. The molecule has 2 rings (SSSR count). The first kappa shape index (κ1) is 12.5. The molecule has 4 heteroatoms. The van der Waals surface area contributed by atoms with Crippen LogP contribution in [0.25, 0.3) is 11.3 Å². The Bertz CT molecular complexity index is 493. The Morgan fingerprint density at radius 3 is 2.83 bits per heavy atom. The molecule has 0 saturated carbocycles. The second-order valence-electron chi connectivity index (χ2n) is 4.27. The first-order valence-corrected chi connectivity index (χ1v) is 6.05. The van der Waals surface area contributed by atoms with Crippen molar-refractivity contribution >= 4 is 6.29 Å². The van der Waals surface area contributed by atoms with Crippen molar-refractivity contribution in [1.29, 1.82) is 0 Å². The maximum atomic E-state index is 10.3. The Kier molecular flexibility index (Phi) is 4.25. The van der Waals surface area contributed by atoms with Gasteiger partial charge >= 0.3 is 0 Å². The maximum Gasteiger partial charge on any atom is 0.133 e. The minimum atomic E-state index is 0.221. The highest BCUT2D eigenvalue weighted by Gasteiger charge is 2.05. The van der Waals surface area contributed by atoms with Gasteiger partial charge in [0.1, 0.15) is 6.29 Å². The van der Waals surface area contributed by atoms with E-state index in [1.54, 1.807) is 0 Å². The third-order valence-corrected chi connectivity index (χ3v) is 2.72. The minimum absolute atomic E-state index is 0.221. The van der Waals surface area contributed by atoms with Crippen molar-refractivity contribution in [3.05, 3.63) is 42.6 Å². The third kappa shape index (κ3) is 3.28. The van der Waals surface area contributed by atoms with Crippen LogP contribution in [0.5, 0.6) is 0 Å². The summed E-state index contributed by atoms with van der Waals surface area (Å²) < 4.78 is 1.89. The summed E-state index contributed by atoms with van der Waals surface area (Å²) in [4.78, 5) is 10.3. The number of benzene rings is 1. The van der Waals surface area contributed by atoms with Crippen LogP contribution in [0, 0.1) is 0 Å². The van der Waals surface area contributed by atoms with E-state index in [1.807, 2.05) is 54.2 Å². The first-order valence-electron chi connectivity index (χ1n) is 6.05. The lowest BCUT2D eigenvalue weighted by molar-refractivity contribution is -0.107. The molecular weight excluding hydrogens is 226 g/mol. The average molecular weight is 243 g/mol. The van der Waals surface area contributed by atoms with Gasteiger partial charge in [0.2, 0.25) is 0 Å². The quantitative estimate of drug-likeness (QED) is 0.786. The topological polar surface area (TPSA) is 46.9 Å². The van der Waals surface area contributed by atoms with Crippen molar-refractivity contribution in [3.8, 4) is 11.3 Å². The molecule has 1 heterocycles. The standard InChI is InChI=1S/C14H17N3O/c1-12(15-8-10-18)11-17-9-7-14(16-17)13-5-3-2-4-6-13/h2-7,9-10,12,15H,8,11H2,1H3/t12-/m0/s1. The number of nitrogens with one attached hydrogen (secondary N) is 1. The van der Waals surface area contributed by atoms with E-state index in [4.69, 9.17) is 0 Å². The summed E-state index contributed by atoms with van der Waals surface area (Å²) in [6.45, 7) is 3.17. The van der Waals surface area contributed by atoms with E-state index in [9.17, 15) is 4.79 Å². The molecule has 0 radical (unpaired) electrons.